The minimum Gasteiger partial charge on any atom is -0.494 e. The highest BCUT2D eigenvalue weighted by molar-refractivity contribution is 7.98. The Morgan fingerprint density at radius 3 is 2.88 bits per heavy atom. The highest BCUT2D eigenvalue weighted by Gasteiger charge is 2.08. The van der Waals surface area contributed by atoms with E-state index in [2.05, 4.69) is 18.5 Å². The summed E-state index contributed by atoms with van der Waals surface area (Å²) < 4.78 is 18.7. The Balaban J connectivity index is 2.60. The van der Waals surface area contributed by atoms with E-state index in [1.165, 1.54) is 7.11 Å². The number of halogens is 1. The molecule has 0 radical (unpaired) electrons. The second-order valence-corrected chi connectivity index (χ2v) is 4.58. The van der Waals surface area contributed by atoms with Crippen molar-refractivity contribution < 1.29 is 9.13 Å². The molecule has 0 amide bonds. The van der Waals surface area contributed by atoms with Crippen molar-refractivity contribution in [3.63, 3.8) is 0 Å². The van der Waals surface area contributed by atoms with Crippen LogP contribution in [0.5, 0.6) is 5.75 Å². The van der Waals surface area contributed by atoms with Crippen molar-refractivity contribution >= 4 is 11.8 Å². The van der Waals surface area contributed by atoms with Crippen molar-refractivity contribution in [2.24, 2.45) is 0 Å². The van der Waals surface area contributed by atoms with Crippen LogP contribution in [-0.4, -0.2) is 25.2 Å². The third kappa shape index (κ3) is 3.68. The van der Waals surface area contributed by atoms with E-state index >= 15 is 0 Å². The molecule has 0 fully saturated rings. The minimum absolute atomic E-state index is 0.270. The Morgan fingerprint density at radius 1 is 1.50 bits per heavy atom. The van der Waals surface area contributed by atoms with E-state index in [-0.39, 0.29) is 5.82 Å². The van der Waals surface area contributed by atoms with Crippen molar-refractivity contribution in [2.45, 2.75) is 19.5 Å². The SMILES string of the molecule is COc1cccc(CNC(C)CSC)c1F. The van der Waals surface area contributed by atoms with Gasteiger partial charge in [-0.3, -0.25) is 0 Å². The molecule has 1 rings (SSSR count). The second-order valence-electron chi connectivity index (χ2n) is 3.67. The highest BCUT2D eigenvalue weighted by Crippen LogP contribution is 2.19. The summed E-state index contributed by atoms with van der Waals surface area (Å²) in [4.78, 5) is 0. The van der Waals surface area contributed by atoms with Gasteiger partial charge in [-0.1, -0.05) is 12.1 Å². The van der Waals surface area contributed by atoms with Crippen LogP contribution in [0.2, 0.25) is 0 Å². The predicted molar refractivity (Wildman–Crippen MR) is 67.6 cm³/mol. The largest absolute Gasteiger partial charge is 0.494 e. The van der Waals surface area contributed by atoms with E-state index in [0.717, 1.165) is 5.75 Å². The molecule has 1 aromatic rings. The van der Waals surface area contributed by atoms with E-state index in [4.69, 9.17) is 4.74 Å². The number of methoxy groups -OCH3 is 1. The summed E-state index contributed by atoms with van der Waals surface area (Å²) in [5.41, 5.74) is 0.646. The molecule has 16 heavy (non-hydrogen) atoms. The van der Waals surface area contributed by atoms with Gasteiger partial charge in [-0.15, -0.1) is 0 Å². The molecule has 90 valence electrons. The Hall–Kier alpha value is -0.740. The van der Waals surface area contributed by atoms with E-state index in [9.17, 15) is 4.39 Å². The molecule has 1 atom stereocenters. The maximum Gasteiger partial charge on any atom is 0.169 e. The Bertz CT molecular complexity index is 333. The fourth-order valence-electron chi connectivity index (χ4n) is 1.44. The van der Waals surface area contributed by atoms with Crippen LogP contribution in [-0.2, 0) is 6.54 Å². The Labute approximate surface area is 101 Å². The number of hydrogen-bond donors (Lipinski definition) is 1. The molecule has 4 heteroatoms. The average molecular weight is 243 g/mol. The number of nitrogens with one attached hydrogen (secondary N) is 1. The van der Waals surface area contributed by atoms with E-state index < -0.39 is 0 Å². The summed E-state index contributed by atoms with van der Waals surface area (Å²) in [5, 5.41) is 3.28. The number of rotatable bonds is 6. The summed E-state index contributed by atoms with van der Waals surface area (Å²) in [6.07, 6.45) is 2.06. The van der Waals surface area contributed by atoms with Gasteiger partial charge < -0.3 is 10.1 Å². The third-order valence-corrected chi connectivity index (χ3v) is 3.15. The van der Waals surface area contributed by atoms with Crippen molar-refractivity contribution in [1.82, 2.24) is 5.32 Å². The normalized spacial score (nSPS) is 12.5. The van der Waals surface area contributed by atoms with Gasteiger partial charge in [-0.05, 0) is 19.2 Å². The standard InChI is InChI=1S/C12H18FNOS/c1-9(8-16-3)14-7-10-5-4-6-11(15-2)12(10)13/h4-6,9,14H,7-8H2,1-3H3. The molecule has 0 aliphatic carbocycles. The molecule has 0 heterocycles. The zero-order valence-corrected chi connectivity index (χ0v) is 10.7. The first-order valence-corrected chi connectivity index (χ1v) is 6.62. The van der Waals surface area contributed by atoms with Gasteiger partial charge in [0, 0.05) is 23.9 Å². The molecule has 1 N–H and O–H groups in total. The zero-order chi connectivity index (χ0) is 12.0. The van der Waals surface area contributed by atoms with Gasteiger partial charge in [0.2, 0.25) is 0 Å². The lowest BCUT2D eigenvalue weighted by Gasteiger charge is -2.13. The van der Waals surface area contributed by atoms with Crippen LogP contribution in [0.3, 0.4) is 0 Å². The van der Waals surface area contributed by atoms with E-state index in [1.807, 2.05) is 0 Å². The van der Waals surface area contributed by atoms with Crippen LogP contribution in [0, 0.1) is 5.82 Å². The van der Waals surface area contributed by atoms with Gasteiger partial charge in [-0.2, -0.15) is 11.8 Å². The third-order valence-electron chi connectivity index (χ3n) is 2.32. The summed E-state index contributed by atoms with van der Waals surface area (Å²) >= 11 is 1.78. The molecule has 0 aliphatic heterocycles. The van der Waals surface area contributed by atoms with Gasteiger partial charge >= 0.3 is 0 Å². The lowest BCUT2D eigenvalue weighted by Crippen LogP contribution is -2.27. The molecule has 1 unspecified atom stereocenters. The Kier molecular flexibility index (Phi) is 5.63. The lowest BCUT2D eigenvalue weighted by molar-refractivity contribution is 0.383. The molecule has 0 saturated carbocycles. The quantitative estimate of drug-likeness (QED) is 0.830. The van der Waals surface area contributed by atoms with E-state index in [1.54, 1.807) is 30.0 Å². The van der Waals surface area contributed by atoms with Crippen molar-refractivity contribution in [2.75, 3.05) is 19.1 Å². The van der Waals surface area contributed by atoms with Gasteiger partial charge in [0.05, 0.1) is 7.11 Å². The second kappa shape index (κ2) is 6.76. The Morgan fingerprint density at radius 2 is 2.25 bits per heavy atom. The number of thioether (sulfide) groups is 1. The van der Waals surface area contributed by atoms with Gasteiger partial charge in [-0.25, -0.2) is 4.39 Å². The monoisotopic (exact) mass is 243 g/mol. The molecular formula is C12H18FNOS. The molecule has 1 aromatic carbocycles. The maximum atomic E-state index is 13.7. The number of benzene rings is 1. The fourth-order valence-corrected chi connectivity index (χ4v) is 2.06. The first kappa shape index (κ1) is 13.3. The van der Waals surface area contributed by atoms with Gasteiger partial charge in [0.25, 0.3) is 0 Å². The van der Waals surface area contributed by atoms with Gasteiger partial charge in [0.15, 0.2) is 11.6 Å². The van der Waals surface area contributed by atoms with Crippen molar-refractivity contribution in [3.05, 3.63) is 29.6 Å². The minimum atomic E-state index is -0.270. The van der Waals surface area contributed by atoms with Crippen molar-refractivity contribution in [1.29, 1.82) is 0 Å². The van der Waals surface area contributed by atoms with Gasteiger partial charge in [0.1, 0.15) is 0 Å². The maximum absolute atomic E-state index is 13.7. The molecule has 0 aromatic heterocycles. The van der Waals surface area contributed by atoms with Crippen LogP contribution in [0.4, 0.5) is 4.39 Å². The number of hydrogen-bond acceptors (Lipinski definition) is 3. The first-order valence-electron chi connectivity index (χ1n) is 5.22. The summed E-state index contributed by atoms with van der Waals surface area (Å²) in [5.74, 6) is 1.05. The molecule has 2 nitrogen and oxygen atoms in total. The smallest absolute Gasteiger partial charge is 0.169 e. The molecular weight excluding hydrogens is 225 g/mol. The zero-order valence-electron chi connectivity index (χ0n) is 9.92. The summed E-state index contributed by atoms with van der Waals surface area (Å²) in [7, 11) is 1.48. The van der Waals surface area contributed by atoms with Crippen LogP contribution < -0.4 is 10.1 Å². The topological polar surface area (TPSA) is 21.3 Å². The summed E-state index contributed by atoms with van der Waals surface area (Å²) in [6, 6.07) is 5.58. The first-order chi connectivity index (χ1) is 7.69. The molecule has 0 saturated heterocycles. The predicted octanol–water partition coefficient (Wildman–Crippen LogP) is 2.68. The molecule has 0 bridgehead atoms. The van der Waals surface area contributed by atoms with Crippen molar-refractivity contribution in [3.8, 4) is 5.75 Å². The summed E-state index contributed by atoms with van der Waals surface area (Å²) in [6.45, 7) is 2.62. The van der Waals surface area contributed by atoms with Crippen LogP contribution in [0.25, 0.3) is 0 Å². The fraction of sp³-hybridized carbons (Fsp3) is 0.500. The van der Waals surface area contributed by atoms with Crippen LogP contribution in [0.1, 0.15) is 12.5 Å². The molecule has 0 spiro atoms. The van der Waals surface area contributed by atoms with E-state index in [0.29, 0.717) is 23.9 Å². The lowest BCUT2D eigenvalue weighted by atomic mass is 10.2. The molecule has 0 aliphatic rings. The van der Waals surface area contributed by atoms with Crippen LogP contribution >= 0.6 is 11.8 Å². The average Bonchev–Trinajstić information content (AvgIpc) is 2.28. The highest BCUT2D eigenvalue weighted by atomic mass is 32.2. The number of ether oxygens (including phenoxy) is 1. The van der Waals surface area contributed by atoms with Crippen LogP contribution in [0.15, 0.2) is 18.2 Å².